The minimum absolute atomic E-state index is 0.240. The average molecular weight is 382 g/mol. The Bertz CT molecular complexity index is 816. The van der Waals surface area contributed by atoms with Crippen molar-refractivity contribution in [1.82, 2.24) is 9.80 Å². The van der Waals surface area contributed by atoms with Crippen LogP contribution in [0.25, 0.3) is 0 Å². The first-order valence-electron chi connectivity index (χ1n) is 10.1. The highest BCUT2D eigenvalue weighted by molar-refractivity contribution is 5.70. The maximum absolute atomic E-state index is 13.5. The van der Waals surface area contributed by atoms with E-state index in [9.17, 15) is 9.18 Å². The third-order valence-corrected chi connectivity index (χ3v) is 5.98. The molecule has 0 aliphatic carbocycles. The van der Waals surface area contributed by atoms with Gasteiger partial charge in [-0.15, -0.1) is 0 Å². The van der Waals surface area contributed by atoms with Gasteiger partial charge in [0.1, 0.15) is 5.82 Å². The summed E-state index contributed by atoms with van der Waals surface area (Å²) < 4.78 is 19.2. The zero-order valence-electron chi connectivity index (χ0n) is 16.3. The van der Waals surface area contributed by atoms with Crippen LogP contribution in [0.1, 0.15) is 35.6 Å². The molecule has 2 heterocycles. The topological polar surface area (TPSA) is 32.8 Å². The fourth-order valence-electron chi connectivity index (χ4n) is 4.27. The SMILES string of the molecule is CN1CCC(COC(=O)N2CCc3ccccc3[C@@H]2c2ccc(F)cc2)CC1. The van der Waals surface area contributed by atoms with Gasteiger partial charge in [-0.25, -0.2) is 9.18 Å². The smallest absolute Gasteiger partial charge is 0.410 e. The van der Waals surface area contributed by atoms with Crippen LogP contribution in [0.3, 0.4) is 0 Å². The molecule has 1 saturated heterocycles. The van der Waals surface area contributed by atoms with Crippen LogP contribution in [-0.4, -0.2) is 49.2 Å². The Labute approximate surface area is 165 Å². The van der Waals surface area contributed by atoms with Gasteiger partial charge in [0.2, 0.25) is 0 Å². The minimum atomic E-state index is -0.275. The highest BCUT2D eigenvalue weighted by atomic mass is 19.1. The van der Waals surface area contributed by atoms with Gasteiger partial charge >= 0.3 is 6.09 Å². The molecule has 0 saturated carbocycles. The van der Waals surface area contributed by atoms with E-state index in [4.69, 9.17) is 4.74 Å². The molecule has 5 heteroatoms. The number of amides is 1. The molecule has 0 aromatic heterocycles. The molecule has 2 aliphatic rings. The predicted molar refractivity (Wildman–Crippen MR) is 107 cm³/mol. The molecule has 0 spiro atoms. The van der Waals surface area contributed by atoms with Gasteiger partial charge in [-0.1, -0.05) is 36.4 Å². The van der Waals surface area contributed by atoms with Crippen LogP contribution >= 0.6 is 0 Å². The Hall–Kier alpha value is -2.40. The first-order valence-corrected chi connectivity index (χ1v) is 10.1. The molecule has 0 N–H and O–H groups in total. The first-order chi connectivity index (χ1) is 13.6. The molecule has 2 aromatic carbocycles. The van der Waals surface area contributed by atoms with Crippen LogP contribution in [0, 0.1) is 11.7 Å². The fourth-order valence-corrected chi connectivity index (χ4v) is 4.27. The number of carbonyl (C=O) groups is 1. The Balaban J connectivity index is 1.53. The normalized spacial score (nSPS) is 20.6. The summed E-state index contributed by atoms with van der Waals surface area (Å²) in [4.78, 5) is 17.1. The molecule has 4 rings (SSSR count). The lowest BCUT2D eigenvalue weighted by Crippen LogP contribution is -2.42. The molecule has 4 nitrogen and oxygen atoms in total. The van der Waals surface area contributed by atoms with E-state index >= 15 is 0 Å². The van der Waals surface area contributed by atoms with E-state index in [0.29, 0.717) is 19.1 Å². The number of nitrogens with zero attached hydrogens (tertiary/aromatic N) is 2. The number of benzene rings is 2. The molecule has 1 atom stereocenters. The third-order valence-electron chi connectivity index (χ3n) is 5.98. The van der Waals surface area contributed by atoms with Crippen LogP contribution in [0.4, 0.5) is 9.18 Å². The zero-order valence-corrected chi connectivity index (χ0v) is 16.3. The summed E-state index contributed by atoms with van der Waals surface area (Å²) in [6, 6.07) is 14.4. The molecule has 148 valence electrons. The number of fused-ring (bicyclic) bond motifs is 1. The van der Waals surface area contributed by atoms with Crippen LogP contribution < -0.4 is 0 Å². The number of halogens is 1. The van der Waals surface area contributed by atoms with E-state index in [1.54, 1.807) is 17.0 Å². The molecule has 0 unspecified atom stereocenters. The van der Waals surface area contributed by atoms with Gasteiger partial charge in [0, 0.05) is 6.54 Å². The summed E-state index contributed by atoms with van der Waals surface area (Å²) in [6.45, 7) is 3.18. The van der Waals surface area contributed by atoms with E-state index in [-0.39, 0.29) is 18.0 Å². The highest BCUT2D eigenvalue weighted by Crippen LogP contribution is 2.35. The van der Waals surface area contributed by atoms with Crippen molar-refractivity contribution in [2.75, 3.05) is 33.3 Å². The largest absolute Gasteiger partial charge is 0.449 e. The van der Waals surface area contributed by atoms with Gasteiger partial charge in [0.25, 0.3) is 0 Å². The van der Waals surface area contributed by atoms with Crippen molar-refractivity contribution in [2.45, 2.75) is 25.3 Å². The Morgan fingerprint density at radius 1 is 1.07 bits per heavy atom. The summed E-state index contributed by atoms with van der Waals surface area (Å²) in [7, 11) is 2.13. The van der Waals surface area contributed by atoms with E-state index in [0.717, 1.165) is 43.5 Å². The molecular weight excluding hydrogens is 355 g/mol. The van der Waals surface area contributed by atoms with Crippen molar-refractivity contribution < 1.29 is 13.9 Å². The summed E-state index contributed by atoms with van der Waals surface area (Å²) in [5.74, 6) is 0.158. The van der Waals surface area contributed by atoms with E-state index in [1.807, 2.05) is 12.1 Å². The number of hydrogen-bond acceptors (Lipinski definition) is 3. The second kappa shape index (κ2) is 8.31. The maximum Gasteiger partial charge on any atom is 0.410 e. The van der Waals surface area contributed by atoms with Crippen molar-refractivity contribution >= 4 is 6.09 Å². The van der Waals surface area contributed by atoms with Gasteiger partial charge < -0.3 is 9.64 Å². The number of piperidine rings is 1. The average Bonchev–Trinajstić information content (AvgIpc) is 2.73. The lowest BCUT2D eigenvalue weighted by atomic mass is 9.88. The molecule has 1 amide bonds. The lowest BCUT2D eigenvalue weighted by molar-refractivity contribution is 0.0638. The van der Waals surface area contributed by atoms with Crippen molar-refractivity contribution in [3.05, 3.63) is 71.0 Å². The van der Waals surface area contributed by atoms with Crippen LogP contribution in [0.5, 0.6) is 0 Å². The minimum Gasteiger partial charge on any atom is -0.449 e. The Kier molecular flexibility index (Phi) is 5.62. The summed E-state index contributed by atoms with van der Waals surface area (Å²) >= 11 is 0. The second-order valence-electron chi connectivity index (χ2n) is 7.92. The summed E-state index contributed by atoms with van der Waals surface area (Å²) in [6.07, 6.45) is 2.65. The molecule has 2 aromatic rings. The molecule has 1 fully saturated rings. The monoisotopic (exact) mass is 382 g/mol. The van der Waals surface area contributed by atoms with Gasteiger partial charge in [-0.3, -0.25) is 4.90 Å². The van der Waals surface area contributed by atoms with E-state index in [2.05, 4.69) is 24.1 Å². The second-order valence-corrected chi connectivity index (χ2v) is 7.92. The van der Waals surface area contributed by atoms with Crippen molar-refractivity contribution in [3.8, 4) is 0 Å². The van der Waals surface area contributed by atoms with Gasteiger partial charge in [0.05, 0.1) is 12.6 Å². The van der Waals surface area contributed by atoms with Gasteiger partial charge in [-0.05, 0) is 74.1 Å². The van der Waals surface area contributed by atoms with E-state index < -0.39 is 0 Å². The lowest BCUT2D eigenvalue weighted by Gasteiger charge is -2.37. The Morgan fingerprint density at radius 2 is 1.79 bits per heavy atom. The molecule has 2 aliphatic heterocycles. The van der Waals surface area contributed by atoms with Crippen molar-refractivity contribution in [2.24, 2.45) is 5.92 Å². The summed E-state index contributed by atoms with van der Waals surface area (Å²) in [5.41, 5.74) is 3.23. The van der Waals surface area contributed by atoms with Gasteiger partial charge in [-0.2, -0.15) is 0 Å². The predicted octanol–water partition coefficient (Wildman–Crippen LogP) is 4.25. The number of likely N-dealkylation sites (tertiary alicyclic amines) is 1. The standard InChI is InChI=1S/C23H27FN2O2/c1-25-13-10-17(11-14-25)16-28-23(27)26-15-12-18-4-2-3-5-21(18)22(26)19-6-8-20(24)9-7-19/h2-9,17,22H,10-16H2,1H3/t22-/m0/s1. The molecule has 28 heavy (non-hydrogen) atoms. The summed E-state index contributed by atoms with van der Waals surface area (Å²) in [5, 5.41) is 0. The molecular formula is C23H27FN2O2. The third kappa shape index (κ3) is 4.04. The number of carbonyl (C=O) groups excluding carboxylic acids is 1. The Morgan fingerprint density at radius 3 is 2.54 bits per heavy atom. The molecule has 0 radical (unpaired) electrons. The highest BCUT2D eigenvalue weighted by Gasteiger charge is 2.33. The molecule has 0 bridgehead atoms. The maximum atomic E-state index is 13.5. The number of rotatable bonds is 3. The number of hydrogen-bond donors (Lipinski definition) is 0. The van der Waals surface area contributed by atoms with Crippen LogP contribution in [-0.2, 0) is 11.2 Å². The number of ether oxygens (including phenoxy) is 1. The zero-order chi connectivity index (χ0) is 19.5. The van der Waals surface area contributed by atoms with Crippen molar-refractivity contribution in [3.63, 3.8) is 0 Å². The van der Waals surface area contributed by atoms with E-state index in [1.165, 1.54) is 17.7 Å². The van der Waals surface area contributed by atoms with Crippen molar-refractivity contribution in [1.29, 1.82) is 0 Å². The quantitative estimate of drug-likeness (QED) is 0.796. The van der Waals surface area contributed by atoms with Crippen LogP contribution in [0.2, 0.25) is 0 Å². The fraction of sp³-hybridized carbons (Fsp3) is 0.435. The first kappa shape index (κ1) is 18.9. The van der Waals surface area contributed by atoms with Gasteiger partial charge in [0.15, 0.2) is 0 Å². The van der Waals surface area contributed by atoms with Crippen LogP contribution in [0.15, 0.2) is 48.5 Å².